The fourth-order valence-electron chi connectivity index (χ4n) is 2.66. The van der Waals surface area contributed by atoms with E-state index in [1.807, 2.05) is 18.7 Å². The minimum atomic E-state index is -3.40. The molecule has 1 aliphatic carbocycles. The van der Waals surface area contributed by atoms with Crippen LogP contribution in [-0.4, -0.2) is 37.0 Å². The van der Waals surface area contributed by atoms with Crippen molar-refractivity contribution in [2.75, 3.05) is 12.3 Å². The molecule has 0 radical (unpaired) electrons. The van der Waals surface area contributed by atoms with E-state index < -0.39 is 10.0 Å². The van der Waals surface area contributed by atoms with Crippen molar-refractivity contribution in [2.45, 2.75) is 55.8 Å². The standard InChI is InChI=1S/C14H25N3O2S2/c1-3-15-9-12-8-14(10-16-12)21(18,19)17-11-5-6-13(7-11)20-4-2/h8,10-11,13,15-17H,3-7,9H2,1-2H3. The SMILES string of the molecule is CCNCc1cc(S(=O)(=O)NC2CCC(SCC)C2)c[nH]1. The number of rotatable bonds is 8. The molecule has 1 aromatic heterocycles. The molecule has 3 N–H and O–H groups in total. The summed E-state index contributed by atoms with van der Waals surface area (Å²) in [5.41, 5.74) is 0.892. The summed E-state index contributed by atoms with van der Waals surface area (Å²) in [5, 5.41) is 3.77. The number of thioether (sulfide) groups is 1. The zero-order valence-electron chi connectivity index (χ0n) is 12.7. The first-order valence-electron chi connectivity index (χ1n) is 7.57. The van der Waals surface area contributed by atoms with Gasteiger partial charge in [-0.3, -0.25) is 0 Å². The van der Waals surface area contributed by atoms with Crippen molar-refractivity contribution in [1.29, 1.82) is 0 Å². The Balaban J connectivity index is 1.94. The van der Waals surface area contributed by atoms with Crippen molar-refractivity contribution in [3.63, 3.8) is 0 Å². The Bertz CT molecular complexity index is 542. The molecule has 0 bridgehead atoms. The summed E-state index contributed by atoms with van der Waals surface area (Å²) in [6.45, 7) is 5.68. The van der Waals surface area contributed by atoms with E-state index in [9.17, 15) is 8.42 Å². The van der Waals surface area contributed by atoms with Crippen LogP contribution in [0.15, 0.2) is 17.2 Å². The minimum Gasteiger partial charge on any atom is -0.363 e. The van der Waals surface area contributed by atoms with Crippen LogP contribution in [0.5, 0.6) is 0 Å². The lowest BCUT2D eigenvalue weighted by atomic mass is 10.3. The first kappa shape index (κ1) is 16.9. The third-order valence-electron chi connectivity index (χ3n) is 3.70. The number of hydrogen-bond acceptors (Lipinski definition) is 4. The molecule has 0 spiro atoms. The Hall–Kier alpha value is -0.500. The van der Waals surface area contributed by atoms with Gasteiger partial charge in [0.2, 0.25) is 10.0 Å². The molecule has 120 valence electrons. The normalized spacial score (nSPS) is 22.8. The van der Waals surface area contributed by atoms with E-state index >= 15 is 0 Å². The van der Waals surface area contributed by atoms with Gasteiger partial charge in [0.05, 0.1) is 4.90 Å². The van der Waals surface area contributed by atoms with Crippen molar-refractivity contribution < 1.29 is 8.42 Å². The lowest BCUT2D eigenvalue weighted by molar-refractivity contribution is 0.552. The zero-order valence-corrected chi connectivity index (χ0v) is 14.3. The maximum absolute atomic E-state index is 12.4. The second-order valence-electron chi connectivity index (χ2n) is 5.35. The molecule has 1 aromatic rings. The van der Waals surface area contributed by atoms with Gasteiger partial charge in [0, 0.05) is 29.7 Å². The molecule has 2 rings (SSSR count). The fraction of sp³-hybridized carbons (Fsp3) is 0.714. The predicted molar refractivity (Wildman–Crippen MR) is 88.1 cm³/mol. The lowest BCUT2D eigenvalue weighted by Crippen LogP contribution is -2.33. The minimum absolute atomic E-state index is 0.0752. The first-order chi connectivity index (χ1) is 10.0. The van der Waals surface area contributed by atoms with Crippen LogP contribution in [0.4, 0.5) is 0 Å². The number of nitrogens with one attached hydrogen (secondary N) is 3. The number of H-pyrrole nitrogens is 1. The molecular formula is C14H25N3O2S2. The lowest BCUT2D eigenvalue weighted by Gasteiger charge is -2.12. The molecule has 0 amide bonds. The van der Waals surface area contributed by atoms with Gasteiger partial charge in [-0.25, -0.2) is 13.1 Å². The summed E-state index contributed by atoms with van der Waals surface area (Å²) >= 11 is 1.93. The summed E-state index contributed by atoms with van der Waals surface area (Å²) in [6.07, 6.45) is 4.55. The monoisotopic (exact) mass is 331 g/mol. The topological polar surface area (TPSA) is 74.0 Å². The summed E-state index contributed by atoms with van der Waals surface area (Å²) in [5.74, 6) is 1.09. The van der Waals surface area contributed by atoms with E-state index in [-0.39, 0.29) is 6.04 Å². The van der Waals surface area contributed by atoms with Crippen molar-refractivity contribution in [3.8, 4) is 0 Å². The molecule has 1 fully saturated rings. The number of hydrogen-bond donors (Lipinski definition) is 3. The maximum atomic E-state index is 12.4. The second-order valence-corrected chi connectivity index (χ2v) is 8.64. The molecule has 1 saturated carbocycles. The van der Waals surface area contributed by atoms with Gasteiger partial charge in [0.1, 0.15) is 0 Å². The van der Waals surface area contributed by atoms with E-state index in [1.165, 1.54) is 0 Å². The highest BCUT2D eigenvalue weighted by Crippen LogP contribution is 2.30. The molecule has 0 saturated heterocycles. The van der Waals surface area contributed by atoms with Crippen LogP contribution in [0.2, 0.25) is 0 Å². The van der Waals surface area contributed by atoms with Crippen LogP contribution in [0, 0.1) is 0 Å². The molecule has 0 aromatic carbocycles. The summed E-state index contributed by atoms with van der Waals surface area (Å²) in [4.78, 5) is 3.35. The third kappa shape index (κ3) is 4.74. The zero-order chi connectivity index (χ0) is 15.3. The van der Waals surface area contributed by atoms with Gasteiger partial charge < -0.3 is 10.3 Å². The molecular weight excluding hydrogens is 306 g/mol. The molecule has 5 nitrogen and oxygen atoms in total. The van der Waals surface area contributed by atoms with E-state index in [2.05, 4.69) is 21.9 Å². The van der Waals surface area contributed by atoms with Gasteiger partial charge in [0.25, 0.3) is 0 Å². The predicted octanol–water partition coefficient (Wildman–Crippen LogP) is 2.08. The molecule has 0 aliphatic heterocycles. The van der Waals surface area contributed by atoms with Crippen LogP contribution in [-0.2, 0) is 16.6 Å². The average Bonchev–Trinajstić information content (AvgIpc) is 3.06. The molecule has 7 heteroatoms. The van der Waals surface area contributed by atoms with Gasteiger partial charge in [-0.1, -0.05) is 13.8 Å². The Morgan fingerprint density at radius 3 is 2.90 bits per heavy atom. The molecule has 2 atom stereocenters. The van der Waals surface area contributed by atoms with Crippen LogP contribution in [0.1, 0.15) is 38.8 Å². The van der Waals surface area contributed by atoms with Crippen molar-refractivity contribution in [3.05, 3.63) is 18.0 Å². The van der Waals surface area contributed by atoms with Crippen molar-refractivity contribution >= 4 is 21.8 Å². The number of sulfonamides is 1. The van der Waals surface area contributed by atoms with Gasteiger partial charge in [-0.2, -0.15) is 11.8 Å². The Morgan fingerprint density at radius 1 is 1.38 bits per heavy atom. The largest absolute Gasteiger partial charge is 0.363 e. The van der Waals surface area contributed by atoms with Crippen molar-refractivity contribution in [1.82, 2.24) is 15.0 Å². The smallest absolute Gasteiger partial charge is 0.242 e. The van der Waals surface area contributed by atoms with Crippen LogP contribution in [0.3, 0.4) is 0 Å². The fourth-order valence-corrected chi connectivity index (χ4v) is 5.10. The molecule has 1 aliphatic rings. The highest BCUT2D eigenvalue weighted by atomic mass is 32.2. The second kappa shape index (κ2) is 7.67. The highest BCUT2D eigenvalue weighted by molar-refractivity contribution is 7.99. The van der Waals surface area contributed by atoms with E-state index in [0.29, 0.717) is 16.7 Å². The molecule has 1 heterocycles. The third-order valence-corrected chi connectivity index (χ3v) is 6.43. The van der Waals surface area contributed by atoms with Gasteiger partial charge in [-0.15, -0.1) is 0 Å². The van der Waals surface area contributed by atoms with E-state index in [1.54, 1.807) is 12.3 Å². The number of aromatic nitrogens is 1. The van der Waals surface area contributed by atoms with E-state index in [4.69, 9.17) is 0 Å². The molecule has 2 unspecified atom stereocenters. The summed E-state index contributed by atoms with van der Waals surface area (Å²) in [7, 11) is -3.40. The summed E-state index contributed by atoms with van der Waals surface area (Å²) < 4.78 is 27.6. The Morgan fingerprint density at radius 2 is 2.19 bits per heavy atom. The molecule has 21 heavy (non-hydrogen) atoms. The first-order valence-corrected chi connectivity index (χ1v) is 10.1. The van der Waals surface area contributed by atoms with Gasteiger partial charge >= 0.3 is 0 Å². The van der Waals surface area contributed by atoms with Crippen LogP contribution >= 0.6 is 11.8 Å². The number of aromatic amines is 1. The van der Waals surface area contributed by atoms with Crippen molar-refractivity contribution in [2.24, 2.45) is 0 Å². The van der Waals surface area contributed by atoms with Gasteiger partial charge in [-0.05, 0) is 37.6 Å². The van der Waals surface area contributed by atoms with Crippen LogP contribution in [0.25, 0.3) is 0 Å². The Kier molecular flexibility index (Phi) is 6.16. The average molecular weight is 332 g/mol. The van der Waals surface area contributed by atoms with Crippen LogP contribution < -0.4 is 10.0 Å². The Labute approximate surface area is 131 Å². The highest BCUT2D eigenvalue weighted by Gasteiger charge is 2.29. The maximum Gasteiger partial charge on any atom is 0.242 e. The van der Waals surface area contributed by atoms with E-state index in [0.717, 1.165) is 37.3 Å². The summed E-state index contributed by atoms with van der Waals surface area (Å²) in [6, 6.07) is 1.78. The van der Waals surface area contributed by atoms with Gasteiger partial charge in [0.15, 0.2) is 0 Å². The quantitative estimate of drug-likeness (QED) is 0.682.